The first-order valence-corrected chi connectivity index (χ1v) is 9.56. The summed E-state index contributed by atoms with van der Waals surface area (Å²) in [7, 11) is 0. The van der Waals surface area contributed by atoms with Crippen LogP contribution in [-0.2, 0) is 6.54 Å². The topological polar surface area (TPSA) is 44.5 Å². The fourth-order valence-electron chi connectivity index (χ4n) is 3.55. The summed E-state index contributed by atoms with van der Waals surface area (Å²) in [5.41, 5.74) is 3.92. The second kappa shape index (κ2) is 7.62. The Kier molecular flexibility index (Phi) is 5.05. The summed E-state index contributed by atoms with van der Waals surface area (Å²) in [4.78, 5) is 4.62. The summed E-state index contributed by atoms with van der Waals surface area (Å²) in [5, 5.41) is 15.4. The van der Waals surface area contributed by atoms with Crippen molar-refractivity contribution in [1.29, 1.82) is 0 Å². The Labute approximate surface area is 164 Å². The van der Waals surface area contributed by atoms with Gasteiger partial charge in [-0.3, -0.25) is 4.90 Å². The maximum atomic E-state index is 10.1. The van der Waals surface area contributed by atoms with E-state index in [1.807, 2.05) is 60.1 Å². The first kappa shape index (κ1) is 17.9. The van der Waals surface area contributed by atoms with E-state index in [4.69, 9.17) is 11.6 Å². The minimum Gasteiger partial charge on any atom is -0.506 e. The van der Waals surface area contributed by atoms with E-state index in [2.05, 4.69) is 14.9 Å². The minimum atomic E-state index is 0.342. The van der Waals surface area contributed by atoms with E-state index in [1.54, 1.807) is 6.07 Å². The Morgan fingerprint density at radius 1 is 0.963 bits per heavy atom. The molecule has 0 atom stereocenters. The zero-order valence-corrected chi connectivity index (χ0v) is 16.1. The van der Waals surface area contributed by atoms with Crippen LogP contribution in [0.2, 0.25) is 5.15 Å². The molecule has 0 amide bonds. The molecule has 1 saturated heterocycles. The normalized spacial score (nSPS) is 15.3. The fraction of sp³-hybridized carbons (Fsp3) is 0.286. The van der Waals surface area contributed by atoms with Crippen LogP contribution in [0.15, 0.2) is 54.6 Å². The molecular formula is C21H23ClN4O. The van der Waals surface area contributed by atoms with E-state index in [0.717, 1.165) is 55.4 Å². The van der Waals surface area contributed by atoms with E-state index < -0.39 is 0 Å². The molecule has 1 aromatic heterocycles. The number of piperazine rings is 1. The van der Waals surface area contributed by atoms with Crippen molar-refractivity contribution < 1.29 is 5.11 Å². The van der Waals surface area contributed by atoms with Crippen LogP contribution >= 0.6 is 11.6 Å². The van der Waals surface area contributed by atoms with E-state index in [0.29, 0.717) is 10.9 Å². The zero-order valence-electron chi connectivity index (χ0n) is 15.3. The maximum absolute atomic E-state index is 10.1. The lowest BCUT2D eigenvalue weighted by atomic mass is 10.2. The van der Waals surface area contributed by atoms with Gasteiger partial charge in [0.1, 0.15) is 10.9 Å². The Morgan fingerprint density at radius 3 is 2.33 bits per heavy atom. The van der Waals surface area contributed by atoms with Crippen LogP contribution in [0, 0.1) is 6.92 Å². The van der Waals surface area contributed by atoms with Crippen LogP contribution in [0.3, 0.4) is 0 Å². The molecule has 0 aliphatic carbocycles. The van der Waals surface area contributed by atoms with Crippen molar-refractivity contribution in [1.82, 2.24) is 14.7 Å². The Balaban J connectivity index is 1.45. The lowest BCUT2D eigenvalue weighted by molar-refractivity contribution is 0.249. The van der Waals surface area contributed by atoms with Gasteiger partial charge in [0.2, 0.25) is 0 Å². The molecule has 0 radical (unpaired) electrons. The fourth-order valence-corrected chi connectivity index (χ4v) is 3.89. The van der Waals surface area contributed by atoms with E-state index in [9.17, 15) is 5.11 Å². The number of nitrogens with zero attached hydrogens (tertiary/aromatic N) is 4. The van der Waals surface area contributed by atoms with Crippen molar-refractivity contribution >= 4 is 17.3 Å². The zero-order chi connectivity index (χ0) is 18.8. The quantitative estimate of drug-likeness (QED) is 0.744. The number of hydrogen-bond acceptors (Lipinski definition) is 4. The molecule has 1 N–H and O–H groups in total. The highest BCUT2D eigenvalue weighted by Crippen LogP contribution is 2.29. The van der Waals surface area contributed by atoms with Crippen molar-refractivity contribution in [2.24, 2.45) is 0 Å². The molecule has 140 valence electrons. The van der Waals surface area contributed by atoms with Gasteiger partial charge in [0.15, 0.2) is 0 Å². The molecule has 2 heterocycles. The summed E-state index contributed by atoms with van der Waals surface area (Å²) in [5.74, 6) is 0.342. The third-order valence-electron chi connectivity index (χ3n) is 5.10. The van der Waals surface area contributed by atoms with Crippen LogP contribution < -0.4 is 4.90 Å². The molecule has 1 fully saturated rings. The largest absolute Gasteiger partial charge is 0.506 e. The predicted octanol–water partition coefficient (Wildman–Crippen LogP) is 3.86. The smallest absolute Gasteiger partial charge is 0.138 e. The van der Waals surface area contributed by atoms with Crippen molar-refractivity contribution in [3.05, 3.63) is 71.0 Å². The van der Waals surface area contributed by atoms with Gasteiger partial charge in [-0.1, -0.05) is 41.9 Å². The predicted molar refractivity (Wildman–Crippen MR) is 109 cm³/mol. The Morgan fingerprint density at radius 2 is 1.63 bits per heavy atom. The standard InChI is InChI=1S/C21H23ClN4O/c1-16-18(21(22)26(23-16)17-7-3-2-4-8-17)15-24-11-13-25(14-12-24)19-9-5-6-10-20(19)27/h2-10,27H,11-15H2,1H3. The first-order chi connectivity index (χ1) is 13.1. The molecule has 0 spiro atoms. The number of aromatic hydroxyl groups is 1. The van der Waals surface area contributed by atoms with Crippen LogP contribution in [0.25, 0.3) is 5.69 Å². The number of rotatable bonds is 4. The number of halogens is 1. The summed E-state index contributed by atoms with van der Waals surface area (Å²) in [6.07, 6.45) is 0. The van der Waals surface area contributed by atoms with Gasteiger partial charge in [-0.05, 0) is 31.2 Å². The van der Waals surface area contributed by atoms with Gasteiger partial charge < -0.3 is 10.0 Å². The minimum absolute atomic E-state index is 0.342. The van der Waals surface area contributed by atoms with Gasteiger partial charge in [0, 0.05) is 38.3 Å². The summed E-state index contributed by atoms with van der Waals surface area (Å²) in [6.45, 7) is 6.38. The number of anilines is 1. The molecule has 0 unspecified atom stereocenters. The molecule has 0 bridgehead atoms. The first-order valence-electron chi connectivity index (χ1n) is 9.18. The number of phenols is 1. The van der Waals surface area contributed by atoms with Gasteiger partial charge in [-0.15, -0.1) is 0 Å². The van der Waals surface area contributed by atoms with Crippen LogP contribution in [0.1, 0.15) is 11.3 Å². The van der Waals surface area contributed by atoms with Gasteiger partial charge in [0.05, 0.1) is 17.1 Å². The third kappa shape index (κ3) is 3.66. The van der Waals surface area contributed by atoms with Crippen LogP contribution in [0.4, 0.5) is 5.69 Å². The van der Waals surface area contributed by atoms with E-state index in [1.165, 1.54) is 0 Å². The van der Waals surface area contributed by atoms with Gasteiger partial charge in [-0.2, -0.15) is 5.10 Å². The number of aromatic nitrogens is 2. The average molecular weight is 383 g/mol. The molecular weight excluding hydrogens is 360 g/mol. The summed E-state index contributed by atoms with van der Waals surface area (Å²) in [6, 6.07) is 17.5. The SMILES string of the molecule is Cc1nn(-c2ccccc2)c(Cl)c1CN1CCN(c2ccccc2O)CC1. The number of benzene rings is 2. The second-order valence-electron chi connectivity index (χ2n) is 6.85. The van der Waals surface area contributed by atoms with Crippen LogP contribution in [-0.4, -0.2) is 46.0 Å². The summed E-state index contributed by atoms with van der Waals surface area (Å²) >= 11 is 6.66. The van der Waals surface area contributed by atoms with Crippen molar-refractivity contribution in [3.8, 4) is 11.4 Å². The monoisotopic (exact) mass is 382 g/mol. The van der Waals surface area contributed by atoms with E-state index in [-0.39, 0.29) is 0 Å². The van der Waals surface area contributed by atoms with Crippen molar-refractivity contribution in [2.45, 2.75) is 13.5 Å². The van der Waals surface area contributed by atoms with Crippen molar-refractivity contribution in [2.75, 3.05) is 31.1 Å². The number of para-hydroxylation sites is 3. The Bertz CT molecular complexity index is 917. The summed E-state index contributed by atoms with van der Waals surface area (Å²) < 4.78 is 1.81. The Hall–Kier alpha value is -2.50. The average Bonchev–Trinajstić information content (AvgIpc) is 2.98. The highest BCUT2D eigenvalue weighted by molar-refractivity contribution is 6.30. The van der Waals surface area contributed by atoms with E-state index >= 15 is 0 Å². The maximum Gasteiger partial charge on any atom is 0.138 e. The highest BCUT2D eigenvalue weighted by atomic mass is 35.5. The molecule has 27 heavy (non-hydrogen) atoms. The van der Waals surface area contributed by atoms with Crippen molar-refractivity contribution in [3.63, 3.8) is 0 Å². The number of phenolic OH excluding ortho intramolecular Hbond substituents is 1. The number of aryl methyl sites for hydroxylation is 1. The van der Waals surface area contributed by atoms with Gasteiger partial charge in [0.25, 0.3) is 0 Å². The second-order valence-corrected chi connectivity index (χ2v) is 7.21. The van der Waals surface area contributed by atoms with Gasteiger partial charge in [-0.25, -0.2) is 4.68 Å². The molecule has 4 rings (SSSR count). The molecule has 3 aromatic rings. The highest BCUT2D eigenvalue weighted by Gasteiger charge is 2.22. The van der Waals surface area contributed by atoms with Gasteiger partial charge >= 0.3 is 0 Å². The molecule has 2 aromatic carbocycles. The third-order valence-corrected chi connectivity index (χ3v) is 5.49. The molecule has 1 aliphatic rings. The number of hydrogen-bond donors (Lipinski definition) is 1. The van der Waals surface area contributed by atoms with Crippen LogP contribution in [0.5, 0.6) is 5.75 Å². The molecule has 5 nitrogen and oxygen atoms in total. The molecule has 0 saturated carbocycles. The lowest BCUT2D eigenvalue weighted by Gasteiger charge is -2.36. The lowest BCUT2D eigenvalue weighted by Crippen LogP contribution is -2.46. The molecule has 1 aliphatic heterocycles. The molecule has 6 heteroatoms.